The van der Waals surface area contributed by atoms with Crippen molar-refractivity contribution in [2.75, 3.05) is 20.2 Å². The van der Waals surface area contributed by atoms with Gasteiger partial charge in [0.2, 0.25) is 0 Å². The van der Waals surface area contributed by atoms with Crippen LogP contribution in [0.4, 0.5) is 0 Å². The van der Waals surface area contributed by atoms with E-state index in [4.69, 9.17) is 4.74 Å². The fraction of sp³-hybridized carbons (Fsp3) is 0.269. The predicted molar refractivity (Wildman–Crippen MR) is 138 cm³/mol. The van der Waals surface area contributed by atoms with Crippen LogP contribution in [0.5, 0.6) is 11.5 Å². The number of rotatable bonds is 7. The first-order valence-electron chi connectivity index (χ1n) is 11.6. The normalized spacial score (nSPS) is 17.0. The van der Waals surface area contributed by atoms with Gasteiger partial charge in [-0.15, -0.1) is 12.4 Å². The largest absolute Gasteiger partial charge is 0.507 e. The van der Waals surface area contributed by atoms with Crippen molar-refractivity contribution in [2.45, 2.75) is 24.9 Å². The number of phenols is 1. The Morgan fingerprint density at radius 3 is 2.43 bits per heavy atom. The summed E-state index contributed by atoms with van der Waals surface area (Å²) in [4.78, 5) is 46.3. The minimum atomic E-state index is -0.388. The molecule has 10 nitrogen and oxygen atoms in total. The summed E-state index contributed by atoms with van der Waals surface area (Å²) < 4.78 is 5.13. The molecule has 1 aliphatic rings. The topological polar surface area (TPSA) is 143 Å². The van der Waals surface area contributed by atoms with Crippen LogP contribution in [0.2, 0.25) is 0 Å². The molecular weight excluding hydrogens is 498 g/mol. The third-order valence-electron chi connectivity index (χ3n) is 6.02. The van der Waals surface area contributed by atoms with E-state index in [0.717, 1.165) is 13.0 Å². The Bertz CT molecular complexity index is 1240. The van der Waals surface area contributed by atoms with E-state index in [-0.39, 0.29) is 59.1 Å². The third kappa shape index (κ3) is 6.81. The number of hydrogen-bond acceptors (Lipinski definition) is 8. The molecule has 37 heavy (non-hydrogen) atoms. The zero-order chi connectivity index (χ0) is 25.5. The lowest BCUT2D eigenvalue weighted by Crippen LogP contribution is -2.54. The number of ether oxygens (including phenoxy) is 1. The van der Waals surface area contributed by atoms with E-state index in [2.05, 4.69) is 25.9 Å². The number of halogens is 1. The second-order valence-electron chi connectivity index (χ2n) is 8.39. The standard InChI is InChI=1S/C26H27N5O5.ClH/c1-36-18-8-9-23(32)19(13-18)24(33)16-4-6-17(7-5-16)25(34)30-20-3-2-11-27-14-22(20)31-26(35)21-10-12-28-15-29-21;/h4-10,12-13,15,20,22,27,32H,2-3,11,14H2,1H3,(H,30,34)(H,31,35);1H/t20-,22-;/m1./s1. The fourth-order valence-electron chi connectivity index (χ4n) is 4.04. The molecule has 0 bridgehead atoms. The van der Waals surface area contributed by atoms with Crippen molar-refractivity contribution < 1.29 is 24.2 Å². The number of phenolic OH excluding ortho intramolecular Hbond substituents is 1. The Hall–Kier alpha value is -4.02. The molecule has 1 aromatic heterocycles. The van der Waals surface area contributed by atoms with Gasteiger partial charge in [0.15, 0.2) is 5.78 Å². The van der Waals surface area contributed by atoms with Crippen molar-refractivity contribution in [1.82, 2.24) is 25.9 Å². The Morgan fingerprint density at radius 2 is 1.73 bits per heavy atom. The summed E-state index contributed by atoms with van der Waals surface area (Å²) in [5.74, 6) is -0.743. The summed E-state index contributed by atoms with van der Waals surface area (Å²) in [5.41, 5.74) is 1.06. The van der Waals surface area contributed by atoms with Crippen LogP contribution in [0, 0.1) is 0 Å². The second-order valence-corrected chi connectivity index (χ2v) is 8.39. The molecule has 11 heteroatoms. The van der Waals surface area contributed by atoms with Crippen molar-refractivity contribution in [3.63, 3.8) is 0 Å². The summed E-state index contributed by atoms with van der Waals surface area (Å²) in [5, 5.41) is 19.3. The number of nitrogens with one attached hydrogen (secondary N) is 3. The van der Waals surface area contributed by atoms with Crippen molar-refractivity contribution in [3.05, 3.63) is 83.4 Å². The van der Waals surface area contributed by atoms with E-state index in [1.165, 1.54) is 37.8 Å². The highest BCUT2D eigenvalue weighted by atomic mass is 35.5. The van der Waals surface area contributed by atoms with Crippen LogP contribution in [0.15, 0.2) is 61.1 Å². The number of nitrogens with zero attached hydrogens (tertiary/aromatic N) is 2. The maximum absolute atomic E-state index is 13.0. The first kappa shape index (κ1) is 27.6. The van der Waals surface area contributed by atoms with Crippen molar-refractivity contribution in [3.8, 4) is 11.5 Å². The molecule has 0 radical (unpaired) electrons. The number of benzene rings is 2. The quantitative estimate of drug-likeness (QED) is 0.344. The Morgan fingerprint density at radius 1 is 1.00 bits per heavy atom. The van der Waals surface area contributed by atoms with Gasteiger partial charge in [-0.3, -0.25) is 14.4 Å². The lowest BCUT2D eigenvalue weighted by atomic mass is 10.00. The molecule has 2 aromatic carbocycles. The summed E-state index contributed by atoms with van der Waals surface area (Å²) in [7, 11) is 1.48. The molecule has 0 spiro atoms. The Balaban J connectivity index is 0.00000380. The maximum atomic E-state index is 13.0. The van der Waals surface area contributed by atoms with E-state index in [1.54, 1.807) is 30.3 Å². The molecular formula is C26H28ClN5O5. The number of ketones is 1. The van der Waals surface area contributed by atoms with Gasteiger partial charge in [-0.1, -0.05) is 12.1 Å². The number of carbonyl (C=O) groups is 3. The maximum Gasteiger partial charge on any atom is 0.270 e. The molecule has 3 aromatic rings. The van der Waals surface area contributed by atoms with Crippen LogP contribution in [0.25, 0.3) is 0 Å². The minimum absolute atomic E-state index is 0. The molecule has 1 saturated heterocycles. The molecule has 1 aliphatic heterocycles. The molecule has 0 unspecified atom stereocenters. The summed E-state index contributed by atoms with van der Waals surface area (Å²) in [6, 6.07) is 11.5. The molecule has 4 N–H and O–H groups in total. The van der Waals surface area contributed by atoms with Crippen molar-refractivity contribution in [2.24, 2.45) is 0 Å². The molecule has 0 saturated carbocycles. The average Bonchev–Trinajstić information content (AvgIpc) is 3.13. The molecule has 2 amide bonds. The number of hydrogen-bond donors (Lipinski definition) is 4. The first-order valence-corrected chi connectivity index (χ1v) is 11.6. The van der Waals surface area contributed by atoms with Gasteiger partial charge in [0.1, 0.15) is 23.5 Å². The molecule has 0 aliphatic carbocycles. The van der Waals surface area contributed by atoms with Crippen LogP contribution >= 0.6 is 12.4 Å². The van der Waals surface area contributed by atoms with Gasteiger partial charge in [0.05, 0.1) is 24.8 Å². The highest BCUT2D eigenvalue weighted by Gasteiger charge is 2.27. The van der Waals surface area contributed by atoms with E-state index in [1.807, 2.05) is 0 Å². The van der Waals surface area contributed by atoms with Gasteiger partial charge in [0.25, 0.3) is 11.8 Å². The third-order valence-corrected chi connectivity index (χ3v) is 6.02. The second kappa shape index (κ2) is 12.8. The van der Waals surface area contributed by atoms with Crippen LogP contribution in [-0.2, 0) is 0 Å². The van der Waals surface area contributed by atoms with Crippen LogP contribution in [-0.4, -0.2) is 65.0 Å². The van der Waals surface area contributed by atoms with Gasteiger partial charge in [-0.2, -0.15) is 0 Å². The fourth-order valence-corrected chi connectivity index (χ4v) is 4.04. The van der Waals surface area contributed by atoms with Gasteiger partial charge < -0.3 is 25.8 Å². The average molecular weight is 526 g/mol. The van der Waals surface area contributed by atoms with E-state index in [0.29, 0.717) is 29.8 Å². The lowest BCUT2D eigenvalue weighted by Gasteiger charge is -2.27. The molecule has 2 atom stereocenters. The van der Waals surface area contributed by atoms with Gasteiger partial charge >= 0.3 is 0 Å². The minimum Gasteiger partial charge on any atom is -0.507 e. The van der Waals surface area contributed by atoms with E-state index >= 15 is 0 Å². The van der Waals surface area contributed by atoms with Gasteiger partial charge in [-0.05, 0) is 55.8 Å². The zero-order valence-electron chi connectivity index (χ0n) is 20.1. The highest BCUT2D eigenvalue weighted by molar-refractivity contribution is 6.11. The lowest BCUT2D eigenvalue weighted by molar-refractivity contribution is 0.0880. The van der Waals surface area contributed by atoms with E-state index in [9.17, 15) is 19.5 Å². The van der Waals surface area contributed by atoms with Gasteiger partial charge in [0, 0.05) is 23.9 Å². The van der Waals surface area contributed by atoms with Crippen LogP contribution < -0.4 is 20.7 Å². The summed E-state index contributed by atoms with van der Waals surface area (Å²) >= 11 is 0. The van der Waals surface area contributed by atoms with Crippen molar-refractivity contribution in [1.29, 1.82) is 0 Å². The van der Waals surface area contributed by atoms with E-state index < -0.39 is 0 Å². The number of carbonyl (C=O) groups excluding carboxylic acids is 3. The zero-order valence-corrected chi connectivity index (χ0v) is 21.0. The number of aromatic nitrogens is 2. The number of amides is 2. The van der Waals surface area contributed by atoms with Crippen LogP contribution in [0.3, 0.4) is 0 Å². The SMILES string of the molecule is COc1ccc(O)c(C(=O)c2ccc(C(=O)N[C@@H]3CCCNC[C@H]3NC(=O)c3ccncn3)cc2)c1.Cl. The molecule has 4 rings (SSSR count). The molecule has 1 fully saturated rings. The molecule has 2 heterocycles. The number of methoxy groups -OCH3 is 1. The molecule has 194 valence electrons. The van der Waals surface area contributed by atoms with Crippen molar-refractivity contribution >= 4 is 30.0 Å². The highest BCUT2D eigenvalue weighted by Crippen LogP contribution is 2.25. The first-order chi connectivity index (χ1) is 17.5. The smallest absolute Gasteiger partial charge is 0.270 e. The Kier molecular flexibility index (Phi) is 9.53. The predicted octanol–water partition coefficient (Wildman–Crippen LogP) is 2.12. The summed E-state index contributed by atoms with van der Waals surface area (Å²) in [6.07, 6.45) is 4.32. The monoisotopic (exact) mass is 525 g/mol. The summed E-state index contributed by atoms with van der Waals surface area (Å²) in [6.45, 7) is 1.28. The van der Waals surface area contributed by atoms with Crippen LogP contribution in [0.1, 0.15) is 49.6 Å². The van der Waals surface area contributed by atoms with Gasteiger partial charge in [-0.25, -0.2) is 9.97 Å². The Labute approximate surface area is 220 Å². The number of aromatic hydroxyl groups is 1.